The number of ether oxygens (including phenoxy) is 1. The maximum absolute atomic E-state index is 5.15. The first kappa shape index (κ1) is 10.0. The van der Waals surface area contributed by atoms with Gasteiger partial charge >= 0.3 is 0 Å². The van der Waals surface area contributed by atoms with E-state index >= 15 is 0 Å². The lowest BCUT2D eigenvalue weighted by molar-refractivity contribution is 0.414. The number of hydrogen-bond donors (Lipinski definition) is 0. The molecule has 0 aromatic heterocycles. The van der Waals surface area contributed by atoms with E-state index in [1.54, 1.807) is 18.9 Å². The molecule has 1 aromatic rings. The van der Waals surface area contributed by atoms with Gasteiger partial charge in [0.1, 0.15) is 5.75 Å². The lowest BCUT2D eigenvalue weighted by atomic mass is 10.2. The van der Waals surface area contributed by atoms with E-state index in [-0.39, 0.29) is 0 Å². The highest BCUT2D eigenvalue weighted by molar-refractivity contribution is 7.98. The molecule has 0 spiro atoms. The standard InChI is InChI=1S/C11H12OS/c1-3-8-13-9-10-4-6-11(12-2)7-5-10/h1,4-7H,8-9H2,2H3. The summed E-state index contributed by atoms with van der Waals surface area (Å²) in [6.45, 7) is 0. The van der Waals surface area contributed by atoms with Crippen LogP contribution in [0.15, 0.2) is 24.3 Å². The molecule has 0 aliphatic carbocycles. The van der Waals surface area contributed by atoms with Gasteiger partial charge < -0.3 is 4.74 Å². The van der Waals surface area contributed by atoms with Crippen molar-refractivity contribution in [2.45, 2.75) is 5.75 Å². The molecule has 0 N–H and O–H groups in total. The van der Waals surface area contributed by atoms with Crippen LogP contribution in [0.4, 0.5) is 0 Å². The summed E-state index contributed by atoms with van der Waals surface area (Å²) in [6, 6.07) is 8.04. The van der Waals surface area contributed by atoms with Crippen molar-refractivity contribution < 1.29 is 4.74 Å². The summed E-state index contributed by atoms with van der Waals surface area (Å²) in [5.74, 6) is 5.23. The summed E-state index contributed by atoms with van der Waals surface area (Å²) in [7, 11) is 1.67. The molecule has 0 unspecified atom stereocenters. The number of hydrogen-bond acceptors (Lipinski definition) is 2. The van der Waals surface area contributed by atoms with Crippen LogP contribution in [0.5, 0.6) is 5.75 Å². The summed E-state index contributed by atoms with van der Waals surface area (Å²) in [4.78, 5) is 0. The van der Waals surface area contributed by atoms with Crippen LogP contribution in [0, 0.1) is 12.3 Å². The van der Waals surface area contributed by atoms with Gasteiger partial charge in [-0.1, -0.05) is 18.1 Å². The van der Waals surface area contributed by atoms with E-state index in [4.69, 9.17) is 11.2 Å². The fourth-order valence-electron chi connectivity index (χ4n) is 0.950. The van der Waals surface area contributed by atoms with Crippen molar-refractivity contribution in [3.8, 4) is 18.1 Å². The first-order valence-electron chi connectivity index (χ1n) is 4.01. The van der Waals surface area contributed by atoms with Crippen molar-refractivity contribution in [3.63, 3.8) is 0 Å². The Balaban J connectivity index is 2.45. The third kappa shape index (κ3) is 3.43. The van der Waals surface area contributed by atoms with Gasteiger partial charge in [-0.05, 0) is 17.7 Å². The van der Waals surface area contributed by atoms with Gasteiger partial charge in [0, 0.05) is 5.75 Å². The van der Waals surface area contributed by atoms with Crippen LogP contribution in [0.3, 0.4) is 0 Å². The minimum Gasteiger partial charge on any atom is -0.497 e. The summed E-state index contributed by atoms with van der Waals surface area (Å²) >= 11 is 1.74. The molecule has 2 heteroatoms. The Morgan fingerprint density at radius 1 is 1.38 bits per heavy atom. The summed E-state index contributed by atoms with van der Waals surface area (Å²) in [5.41, 5.74) is 1.28. The fourth-order valence-corrected chi connectivity index (χ4v) is 1.60. The SMILES string of the molecule is C#CCSCc1ccc(OC)cc1. The monoisotopic (exact) mass is 192 g/mol. The Morgan fingerprint density at radius 3 is 2.62 bits per heavy atom. The molecule has 0 heterocycles. The van der Waals surface area contributed by atoms with E-state index < -0.39 is 0 Å². The Kier molecular flexibility index (Phi) is 4.28. The average molecular weight is 192 g/mol. The molecule has 1 nitrogen and oxygen atoms in total. The summed E-state index contributed by atoms with van der Waals surface area (Å²) < 4.78 is 5.06. The molecule has 1 aromatic carbocycles. The minimum atomic E-state index is 0.770. The van der Waals surface area contributed by atoms with Gasteiger partial charge in [-0.3, -0.25) is 0 Å². The second kappa shape index (κ2) is 5.55. The molecular weight excluding hydrogens is 180 g/mol. The van der Waals surface area contributed by atoms with Crippen molar-refractivity contribution in [2.75, 3.05) is 12.9 Å². The molecule has 0 fully saturated rings. The highest BCUT2D eigenvalue weighted by atomic mass is 32.2. The quantitative estimate of drug-likeness (QED) is 0.535. The van der Waals surface area contributed by atoms with Gasteiger partial charge in [0.15, 0.2) is 0 Å². The molecule has 1 rings (SSSR count). The Labute approximate surface area is 83.5 Å². The molecule has 0 aliphatic rings. The molecule has 68 valence electrons. The van der Waals surface area contributed by atoms with Crippen molar-refractivity contribution in [2.24, 2.45) is 0 Å². The van der Waals surface area contributed by atoms with Gasteiger partial charge in [0.2, 0.25) is 0 Å². The Hall–Kier alpha value is -1.07. The van der Waals surface area contributed by atoms with Gasteiger partial charge in [-0.15, -0.1) is 18.2 Å². The average Bonchev–Trinajstić information content (AvgIpc) is 2.19. The Morgan fingerprint density at radius 2 is 2.08 bits per heavy atom. The van der Waals surface area contributed by atoms with Crippen molar-refractivity contribution in [1.82, 2.24) is 0 Å². The van der Waals surface area contributed by atoms with Crippen LogP contribution < -0.4 is 4.74 Å². The number of methoxy groups -OCH3 is 1. The zero-order chi connectivity index (χ0) is 9.52. The predicted molar refractivity (Wildman–Crippen MR) is 58.0 cm³/mol. The number of benzene rings is 1. The molecule has 0 saturated carbocycles. The lowest BCUT2D eigenvalue weighted by Gasteiger charge is -2.01. The van der Waals surface area contributed by atoms with E-state index in [9.17, 15) is 0 Å². The number of thioether (sulfide) groups is 1. The molecule has 0 aliphatic heterocycles. The van der Waals surface area contributed by atoms with Gasteiger partial charge in [-0.25, -0.2) is 0 Å². The van der Waals surface area contributed by atoms with Crippen molar-refractivity contribution in [3.05, 3.63) is 29.8 Å². The minimum absolute atomic E-state index is 0.770. The van der Waals surface area contributed by atoms with Crippen LogP contribution in [0.25, 0.3) is 0 Å². The normalized spacial score (nSPS) is 9.23. The molecule has 0 amide bonds. The van der Waals surface area contributed by atoms with Gasteiger partial charge in [0.25, 0.3) is 0 Å². The highest BCUT2D eigenvalue weighted by Gasteiger charge is 1.93. The molecule has 0 atom stereocenters. The first-order chi connectivity index (χ1) is 6.36. The molecular formula is C11H12OS. The number of rotatable bonds is 4. The lowest BCUT2D eigenvalue weighted by Crippen LogP contribution is -1.84. The van der Waals surface area contributed by atoms with Crippen LogP contribution >= 0.6 is 11.8 Å². The van der Waals surface area contributed by atoms with E-state index in [1.165, 1.54) is 5.56 Å². The van der Waals surface area contributed by atoms with E-state index in [0.29, 0.717) is 0 Å². The van der Waals surface area contributed by atoms with Crippen LogP contribution in [-0.4, -0.2) is 12.9 Å². The first-order valence-corrected chi connectivity index (χ1v) is 5.16. The summed E-state index contributed by atoms with van der Waals surface area (Å²) in [5, 5.41) is 0. The smallest absolute Gasteiger partial charge is 0.118 e. The predicted octanol–water partition coefficient (Wildman–Crippen LogP) is 2.56. The Bertz CT molecular complexity index is 284. The second-order valence-electron chi connectivity index (χ2n) is 2.54. The topological polar surface area (TPSA) is 9.23 Å². The second-order valence-corrected chi connectivity index (χ2v) is 3.53. The van der Waals surface area contributed by atoms with Crippen LogP contribution in [0.2, 0.25) is 0 Å². The third-order valence-corrected chi connectivity index (χ3v) is 2.52. The maximum Gasteiger partial charge on any atom is 0.118 e. The maximum atomic E-state index is 5.15. The summed E-state index contributed by atoms with van der Waals surface area (Å²) in [6.07, 6.45) is 5.15. The highest BCUT2D eigenvalue weighted by Crippen LogP contribution is 2.15. The third-order valence-electron chi connectivity index (χ3n) is 1.61. The van der Waals surface area contributed by atoms with Crippen LogP contribution in [0.1, 0.15) is 5.56 Å². The van der Waals surface area contributed by atoms with Gasteiger partial charge in [0.05, 0.1) is 12.9 Å². The van der Waals surface area contributed by atoms with Crippen molar-refractivity contribution in [1.29, 1.82) is 0 Å². The molecule has 13 heavy (non-hydrogen) atoms. The largest absolute Gasteiger partial charge is 0.497 e. The molecule has 0 bridgehead atoms. The molecule has 0 radical (unpaired) electrons. The van der Waals surface area contributed by atoms with Crippen molar-refractivity contribution >= 4 is 11.8 Å². The van der Waals surface area contributed by atoms with Gasteiger partial charge in [-0.2, -0.15) is 0 Å². The van der Waals surface area contributed by atoms with E-state index in [1.807, 2.05) is 12.1 Å². The van der Waals surface area contributed by atoms with E-state index in [0.717, 1.165) is 17.3 Å². The zero-order valence-electron chi connectivity index (χ0n) is 7.62. The zero-order valence-corrected chi connectivity index (χ0v) is 8.43. The number of terminal acetylenes is 1. The fraction of sp³-hybridized carbons (Fsp3) is 0.273. The van der Waals surface area contributed by atoms with Crippen LogP contribution in [-0.2, 0) is 5.75 Å². The molecule has 0 saturated heterocycles. The van der Waals surface area contributed by atoms with E-state index in [2.05, 4.69) is 18.1 Å².